The van der Waals surface area contributed by atoms with Gasteiger partial charge >= 0.3 is 0 Å². The fraction of sp³-hybridized carbons (Fsp3) is 0.455. The molecule has 0 saturated heterocycles. The van der Waals surface area contributed by atoms with E-state index in [9.17, 15) is 0 Å². The van der Waals surface area contributed by atoms with Crippen molar-refractivity contribution in [2.75, 3.05) is 30.9 Å². The quantitative estimate of drug-likeness (QED) is 0.705. The smallest absolute Gasteiger partial charge is 0.0631 e. The van der Waals surface area contributed by atoms with Crippen LogP contribution in [-0.4, -0.2) is 20.6 Å². The summed E-state index contributed by atoms with van der Waals surface area (Å²) in [4.78, 5) is 2.34. The van der Waals surface area contributed by atoms with Crippen molar-refractivity contribution >= 4 is 11.4 Å². The molecule has 0 fully saturated rings. The molecule has 1 aromatic rings. The van der Waals surface area contributed by atoms with Crippen molar-refractivity contribution in [3.05, 3.63) is 23.8 Å². The Kier molecular flexibility index (Phi) is 2.13. The number of benzene rings is 1. The number of hydrogen-bond acceptors (Lipinski definition) is 2. The molecule has 2 nitrogen and oxygen atoms in total. The van der Waals surface area contributed by atoms with Gasteiger partial charge in [-0.05, 0) is 24.5 Å². The number of aryl methyl sites for hydroxylation is 1. The summed E-state index contributed by atoms with van der Waals surface area (Å²) in [5.41, 5.74) is 4.11. The van der Waals surface area contributed by atoms with Crippen LogP contribution in [0.3, 0.4) is 0 Å². The maximum absolute atomic E-state index is 3.24. The number of nitrogens with one attached hydrogen (secondary N) is 1. The first-order valence-electron chi connectivity index (χ1n) is 4.83. The highest BCUT2D eigenvalue weighted by Crippen LogP contribution is 2.32. The molecule has 0 atom stereocenters. The van der Waals surface area contributed by atoms with Crippen molar-refractivity contribution in [2.45, 2.75) is 12.8 Å². The van der Waals surface area contributed by atoms with E-state index in [0.29, 0.717) is 0 Å². The molecule has 1 aromatic carbocycles. The minimum atomic E-state index is 1.17. The van der Waals surface area contributed by atoms with Crippen LogP contribution >= 0.6 is 0 Å². The molecule has 0 bridgehead atoms. The van der Waals surface area contributed by atoms with Gasteiger partial charge in [-0.25, -0.2) is 0 Å². The van der Waals surface area contributed by atoms with E-state index in [2.05, 4.69) is 35.5 Å². The minimum absolute atomic E-state index is 1.17. The average molecular weight is 176 g/mol. The summed E-state index contributed by atoms with van der Waals surface area (Å²) in [6.07, 6.45) is 2.49. The Morgan fingerprint density at radius 2 is 2.23 bits per heavy atom. The van der Waals surface area contributed by atoms with E-state index >= 15 is 0 Å². The van der Waals surface area contributed by atoms with Crippen molar-refractivity contribution in [2.24, 2.45) is 0 Å². The lowest BCUT2D eigenvalue weighted by Gasteiger charge is -2.29. The maximum atomic E-state index is 3.24. The van der Waals surface area contributed by atoms with Crippen molar-refractivity contribution < 1.29 is 0 Å². The molecule has 0 saturated carbocycles. The van der Waals surface area contributed by atoms with E-state index in [-0.39, 0.29) is 0 Å². The molecule has 0 spiro atoms. The lowest BCUT2D eigenvalue weighted by Crippen LogP contribution is -2.25. The Hall–Kier alpha value is -1.18. The molecule has 0 unspecified atom stereocenters. The molecule has 0 radical (unpaired) electrons. The molecule has 70 valence electrons. The zero-order valence-electron chi connectivity index (χ0n) is 8.30. The second-order valence-electron chi connectivity index (χ2n) is 3.59. The largest absolute Gasteiger partial charge is 0.386 e. The Labute approximate surface area is 79.6 Å². The monoisotopic (exact) mass is 176 g/mol. The van der Waals surface area contributed by atoms with Crippen molar-refractivity contribution in [1.29, 1.82) is 0 Å². The predicted octanol–water partition coefficient (Wildman–Crippen LogP) is 2.11. The summed E-state index contributed by atoms with van der Waals surface area (Å²) in [6, 6.07) is 6.50. The fourth-order valence-corrected chi connectivity index (χ4v) is 2.06. The number of fused-ring (bicyclic) bond motifs is 1. The summed E-state index contributed by atoms with van der Waals surface area (Å²) < 4.78 is 0. The van der Waals surface area contributed by atoms with Crippen molar-refractivity contribution in [3.63, 3.8) is 0 Å². The van der Waals surface area contributed by atoms with Gasteiger partial charge in [-0.3, -0.25) is 0 Å². The highest BCUT2D eigenvalue weighted by atomic mass is 15.1. The van der Waals surface area contributed by atoms with E-state index < -0.39 is 0 Å². The van der Waals surface area contributed by atoms with Crippen LogP contribution in [-0.2, 0) is 6.42 Å². The van der Waals surface area contributed by atoms with E-state index in [1.165, 1.54) is 36.3 Å². The zero-order valence-corrected chi connectivity index (χ0v) is 8.30. The summed E-state index contributed by atoms with van der Waals surface area (Å²) >= 11 is 0. The summed E-state index contributed by atoms with van der Waals surface area (Å²) in [5.74, 6) is 0. The Balaban J connectivity index is 2.50. The van der Waals surface area contributed by atoms with Gasteiger partial charge in [0.05, 0.1) is 11.4 Å². The second-order valence-corrected chi connectivity index (χ2v) is 3.59. The van der Waals surface area contributed by atoms with Gasteiger partial charge in [0, 0.05) is 20.6 Å². The Bertz CT molecular complexity index is 293. The molecular weight excluding hydrogens is 160 g/mol. The van der Waals surface area contributed by atoms with Crippen molar-refractivity contribution in [1.82, 2.24) is 0 Å². The molecule has 1 heterocycles. The molecule has 2 rings (SSSR count). The number of rotatable bonds is 1. The average Bonchev–Trinajstić information content (AvgIpc) is 2.17. The lowest BCUT2D eigenvalue weighted by atomic mass is 10.0. The summed E-state index contributed by atoms with van der Waals surface area (Å²) in [7, 11) is 4.15. The van der Waals surface area contributed by atoms with Gasteiger partial charge in [0.25, 0.3) is 0 Å². The first-order chi connectivity index (χ1) is 6.33. The normalized spacial score (nSPS) is 15.4. The van der Waals surface area contributed by atoms with E-state index in [0.717, 1.165) is 0 Å². The van der Waals surface area contributed by atoms with Crippen LogP contribution in [0.15, 0.2) is 18.2 Å². The molecule has 0 amide bonds. The number of anilines is 2. The van der Waals surface area contributed by atoms with Crippen LogP contribution in [0, 0.1) is 0 Å². The molecule has 1 aliphatic heterocycles. The standard InChI is InChI=1S/C11H16N2/c1-12-10-7-3-5-9-6-4-8-13(2)11(9)10/h3,5,7,12H,4,6,8H2,1-2H3. The van der Waals surface area contributed by atoms with Gasteiger partial charge in [-0.15, -0.1) is 0 Å². The summed E-state index contributed by atoms with van der Waals surface area (Å²) in [6.45, 7) is 1.17. The van der Waals surface area contributed by atoms with Gasteiger partial charge in [0.2, 0.25) is 0 Å². The third-order valence-electron chi connectivity index (χ3n) is 2.71. The predicted molar refractivity (Wildman–Crippen MR) is 57.6 cm³/mol. The summed E-state index contributed by atoms with van der Waals surface area (Å²) in [5, 5.41) is 3.24. The topological polar surface area (TPSA) is 15.3 Å². The van der Waals surface area contributed by atoms with Gasteiger partial charge < -0.3 is 10.2 Å². The minimum Gasteiger partial charge on any atom is -0.386 e. The van der Waals surface area contributed by atoms with Crippen LogP contribution in [0.1, 0.15) is 12.0 Å². The molecule has 0 aliphatic carbocycles. The number of hydrogen-bond donors (Lipinski definition) is 1. The highest BCUT2D eigenvalue weighted by Gasteiger charge is 2.15. The molecule has 1 aliphatic rings. The van der Waals surface area contributed by atoms with Gasteiger partial charge in [-0.1, -0.05) is 12.1 Å². The third-order valence-corrected chi connectivity index (χ3v) is 2.71. The van der Waals surface area contributed by atoms with Crippen molar-refractivity contribution in [3.8, 4) is 0 Å². The third kappa shape index (κ3) is 1.37. The van der Waals surface area contributed by atoms with E-state index in [1.54, 1.807) is 0 Å². The van der Waals surface area contributed by atoms with Gasteiger partial charge in [0.15, 0.2) is 0 Å². The number of nitrogens with zero attached hydrogens (tertiary/aromatic N) is 1. The first-order valence-corrected chi connectivity index (χ1v) is 4.83. The fourth-order valence-electron chi connectivity index (χ4n) is 2.06. The van der Waals surface area contributed by atoms with Gasteiger partial charge in [0.1, 0.15) is 0 Å². The maximum Gasteiger partial charge on any atom is 0.0631 e. The number of para-hydroxylation sites is 1. The van der Waals surface area contributed by atoms with Crippen LogP contribution < -0.4 is 10.2 Å². The Morgan fingerprint density at radius 3 is 3.00 bits per heavy atom. The molecule has 0 aromatic heterocycles. The molecule has 1 N–H and O–H groups in total. The first kappa shape index (κ1) is 8.42. The van der Waals surface area contributed by atoms with Crippen LogP contribution in [0.25, 0.3) is 0 Å². The van der Waals surface area contributed by atoms with Crippen LogP contribution in [0.5, 0.6) is 0 Å². The Morgan fingerprint density at radius 1 is 1.38 bits per heavy atom. The molecular formula is C11H16N2. The SMILES string of the molecule is CNc1cccc2c1N(C)CCC2. The van der Waals surface area contributed by atoms with Crippen LogP contribution in [0.2, 0.25) is 0 Å². The van der Waals surface area contributed by atoms with Gasteiger partial charge in [-0.2, -0.15) is 0 Å². The highest BCUT2D eigenvalue weighted by molar-refractivity contribution is 5.74. The molecule has 13 heavy (non-hydrogen) atoms. The lowest BCUT2D eigenvalue weighted by molar-refractivity contribution is 0.745. The van der Waals surface area contributed by atoms with E-state index in [4.69, 9.17) is 0 Å². The second kappa shape index (κ2) is 3.29. The molecule has 2 heteroatoms. The van der Waals surface area contributed by atoms with E-state index in [1.807, 2.05) is 7.05 Å². The zero-order chi connectivity index (χ0) is 9.26. The van der Waals surface area contributed by atoms with Crippen LogP contribution in [0.4, 0.5) is 11.4 Å².